The maximum atomic E-state index is 12.5. The van der Waals surface area contributed by atoms with E-state index < -0.39 is 35.6 Å². The highest BCUT2D eigenvalue weighted by atomic mass is 19.4. The van der Waals surface area contributed by atoms with Crippen LogP contribution in [0.25, 0.3) is 0 Å². The molecule has 4 N–H and O–H groups in total. The molecule has 0 aliphatic heterocycles. The van der Waals surface area contributed by atoms with Crippen LogP contribution in [-0.4, -0.2) is 34.7 Å². The van der Waals surface area contributed by atoms with Crippen LogP contribution in [0.2, 0.25) is 0 Å². The molecule has 1 aliphatic rings. The molecule has 0 radical (unpaired) electrons. The van der Waals surface area contributed by atoms with Crippen LogP contribution < -0.4 is 11.1 Å². The number of nitrogens with one attached hydrogen (secondary N) is 1. The molecule has 3 atom stereocenters. The first-order chi connectivity index (χ1) is 8.05. The number of aliphatic carboxylic acids is 1. The molecular weight excluding hydrogens is 253 g/mol. The minimum Gasteiger partial charge on any atom is -0.481 e. The number of carbonyl (C=O) groups excluding carboxylic acids is 1. The molecular formula is C10H13F3N2O3. The van der Waals surface area contributed by atoms with Crippen molar-refractivity contribution in [2.45, 2.75) is 31.1 Å². The largest absolute Gasteiger partial charge is 0.481 e. The van der Waals surface area contributed by atoms with E-state index >= 15 is 0 Å². The average molecular weight is 266 g/mol. The highest BCUT2D eigenvalue weighted by molar-refractivity contribution is 5.87. The van der Waals surface area contributed by atoms with Crippen molar-refractivity contribution in [3.05, 3.63) is 12.2 Å². The lowest BCUT2D eigenvalue weighted by molar-refractivity contribution is -0.187. The van der Waals surface area contributed by atoms with Gasteiger partial charge in [-0.2, -0.15) is 13.2 Å². The van der Waals surface area contributed by atoms with E-state index in [0.29, 0.717) is 6.92 Å². The summed E-state index contributed by atoms with van der Waals surface area (Å²) in [6, 6.07) is -0.746. The Morgan fingerprint density at radius 3 is 2.33 bits per heavy atom. The van der Waals surface area contributed by atoms with Crippen molar-refractivity contribution in [2.75, 3.05) is 0 Å². The molecule has 18 heavy (non-hydrogen) atoms. The second-order valence-corrected chi connectivity index (χ2v) is 4.35. The standard InChI is InChI=1S/C10H13F3N2O3/c1-9(14,10(11,12)13)8(18)15-6-3-2-5(4-6)7(16)17/h2-3,5-6H,4,14H2,1H3,(H,15,18)(H,16,17). The third kappa shape index (κ3) is 2.81. The van der Waals surface area contributed by atoms with E-state index in [9.17, 15) is 22.8 Å². The zero-order chi connectivity index (χ0) is 14.1. The summed E-state index contributed by atoms with van der Waals surface area (Å²) in [5.41, 5.74) is 1.93. The third-order valence-corrected chi connectivity index (χ3v) is 2.78. The van der Waals surface area contributed by atoms with Gasteiger partial charge >= 0.3 is 12.1 Å². The van der Waals surface area contributed by atoms with Gasteiger partial charge in [-0.15, -0.1) is 0 Å². The third-order valence-electron chi connectivity index (χ3n) is 2.78. The molecule has 0 bridgehead atoms. The van der Waals surface area contributed by atoms with Crippen molar-refractivity contribution in [1.82, 2.24) is 5.32 Å². The van der Waals surface area contributed by atoms with Gasteiger partial charge in [0.1, 0.15) is 0 Å². The predicted octanol–water partition coefficient (Wildman–Crippen LogP) is 0.412. The van der Waals surface area contributed by atoms with Crippen molar-refractivity contribution < 1.29 is 27.9 Å². The van der Waals surface area contributed by atoms with Crippen LogP contribution in [0.3, 0.4) is 0 Å². The fraction of sp³-hybridized carbons (Fsp3) is 0.600. The summed E-state index contributed by atoms with van der Waals surface area (Å²) in [5, 5.41) is 10.8. The van der Waals surface area contributed by atoms with Crippen molar-refractivity contribution >= 4 is 11.9 Å². The summed E-state index contributed by atoms with van der Waals surface area (Å²) in [6.45, 7) is 0.565. The molecule has 0 saturated carbocycles. The lowest BCUT2D eigenvalue weighted by Crippen LogP contribution is -2.62. The molecule has 1 rings (SSSR count). The molecule has 1 amide bonds. The van der Waals surface area contributed by atoms with Crippen LogP contribution in [0.4, 0.5) is 13.2 Å². The second kappa shape index (κ2) is 4.60. The number of carboxylic acids is 1. The number of hydrogen-bond acceptors (Lipinski definition) is 3. The quantitative estimate of drug-likeness (QED) is 0.645. The topological polar surface area (TPSA) is 92.4 Å². The van der Waals surface area contributed by atoms with Gasteiger partial charge in [-0.1, -0.05) is 12.2 Å². The highest BCUT2D eigenvalue weighted by Crippen LogP contribution is 2.28. The fourth-order valence-corrected chi connectivity index (χ4v) is 1.44. The van der Waals surface area contributed by atoms with Crippen LogP contribution in [-0.2, 0) is 9.59 Å². The van der Waals surface area contributed by atoms with Gasteiger partial charge in [-0.3, -0.25) is 9.59 Å². The summed E-state index contributed by atoms with van der Waals surface area (Å²) < 4.78 is 37.4. The number of rotatable bonds is 3. The fourth-order valence-electron chi connectivity index (χ4n) is 1.44. The van der Waals surface area contributed by atoms with Gasteiger partial charge in [-0.25, -0.2) is 0 Å². The van der Waals surface area contributed by atoms with Gasteiger partial charge < -0.3 is 16.2 Å². The van der Waals surface area contributed by atoms with Crippen LogP contribution in [0, 0.1) is 5.92 Å². The Morgan fingerprint density at radius 1 is 1.39 bits per heavy atom. The summed E-state index contributed by atoms with van der Waals surface area (Å²) >= 11 is 0. The van der Waals surface area contributed by atoms with Crippen molar-refractivity contribution in [2.24, 2.45) is 11.7 Å². The van der Waals surface area contributed by atoms with Gasteiger partial charge in [0.25, 0.3) is 0 Å². The molecule has 0 fully saturated rings. The maximum Gasteiger partial charge on any atom is 0.415 e. The molecule has 102 valence electrons. The Bertz CT molecular complexity index is 390. The number of amides is 1. The van der Waals surface area contributed by atoms with E-state index in [4.69, 9.17) is 10.8 Å². The lowest BCUT2D eigenvalue weighted by atomic mass is 10.0. The summed E-state index contributed by atoms with van der Waals surface area (Å²) in [6.07, 6.45) is -2.17. The number of carboxylic acid groups (broad SMARTS) is 1. The summed E-state index contributed by atoms with van der Waals surface area (Å²) in [4.78, 5) is 22.0. The molecule has 0 aromatic heterocycles. The lowest BCUT2D eigenvalue weighted by Gasteiger charge is -2.27. The predicted molar refractivity (Wildman–Crippen MR) is 55.5 cm³/mol. The molecule has 8 heteroatoms. The van der Waals surface area contributed by atoms with E-state index in [-0.39, 0.29) is 6.42 Å². The first-order valence-electron chi connectivity index (χ1n) is 5.13. The Balaban J connectivity index is 2.63. The van der Waals surface area contributed by atoms with Gasteiger partial charge in [0, 0.05) is 6.04 Å². The van der Waals surface area contributed by atoms with Crippen LogP contribution in [0.5, 0.6) is 0 Å². The number of halogens is 3. The van der Waals surface area contributed by atoms with E-state index in [1.807, 2.05) is 0 Å². The first kappa shape index (κ1) is 14.5. The molecule has 0 spiro atoms. The van der Waals surface area contributed by atoms with E-state index in [0.717, 1.165) is 0 Å². The molecule has 0 aromatic rings. The molecule has 3 unspecified atom stereocenters. The van der Waals surface area contributed by atoms with Crippen LogP contribution in [0.15, 0.2) is 12.2 Å². The minimum absolute atomic E-state index is 0.0228. The van der Waals surface area contributed by atoms with Gasteiger partial charge in [0.2, 0.25) is 5.91 Å². The Labute approximate surface area is 101 Å². The molecule has 5 nitrogen and oxygen atoms in total. The number of alkyl halides is 3. The van der Waals surface area contributed by atoms with Gasteiger partial charge in [0.15, 0.2) is 5.54 Å². The monoisotopic (exact) mass is 266 g/mol. The SMILES string of the molecule is CC(N)(C(=O)NC1C=CC(C(=O)O)C1)C(F)(F)F. The van der Waals surface area contributed by atoms with Gasteiger partial charge in [-0.05, 0) is 13.3 Å². The second-order valence-electron chi connectivity index (χ2n) is 4.35. The minimum atomic E-state index is -4.87. The first-order valence-corrected chi connectivity index (χ1v) is 5.13. The Kier molecular flexibility index (Phi) is 3.70. The molecule has 0 heterocycles. The molecule has 0 aromatic carbocycles. The Morgan fingerprint density at radius 2 is 1.94 bits per heavy atom. The van der Waals surface area contributed by atoms with E-state index in [1.54, 1.807) is 0 Å². The van der Waals surface area contributed by atoms with E-state index in [1.165, 1.54) is 12.2 Å². The highest BCUT2D eigenvalue weighted by Gasteiger charge is 2.54. The van der Waals surface area contributed by atoms with Crippen molar-refractivity contribution in [3.8, 4) is 0 Å². The molecule has 1 aliphatic carbocycles. The van der Waals surface area contributed by atoms with Crippen LogP contribution in [0.1, 0.15) is 13.3 Å². The zero-order valence-electron chi connectivity index (χ0n) is 9.49. The van der Waals surface area contributed by atoms with Crippen molar-refractivity contribution in [1.29, 1.82) is 0 Å². The number of carbonyl (C=O) groups is 2. The zero-order valence-corrected chi connectivity index (χ0v) is 9.49. The molecule has 0 saturated heterocycles. The van der Waals surface area contributed by atoms with E-state index in [2.05, 4.69) is 5.32 Å². The summed E-state index contributed by atoms with van der Waals surface area (Å²) in [7, 11) is 0. The summed E-state index contributed by atoms with van der Waals surface area (Å²) in [5.74, 6) is -3.27. The number of nitrogens with two attached hydrogens (primary N) is 1. The normalized spacial score (nSPS) is 26.7. The van der Waals surface area contributed by atoms with Crippen molar-refractivity contribution in [3.63, 3.8) is 0 Å². The van der Waals surface area contributed by atoms with Gasteiger partial charge in [0.05, 0.1) is 5.92 Å². The van der Waals surface area contributed by atoms with Crippen LogP contribution >= 0.6 is 0 Å². The maximum absolute atomic E-state index is 12.5. The smallest absolute Gasteiger partial charge is 0.415 e. The Hall–Kier alpha value is -1.57. The average Bonchev–Trinajstić information content (AvgIpc) is 2.64. The number of hydrogen-bond donors (Lipinski definition) is 3.